The molecule has 1 unspecified atom stereocenters. The minimum atomic E-state index is 0.709. The van der Waals surface area contributed by atoms with Crippen molar-refractivity contribution < 1.29 is 0 Å². The molecule has 0 saturated carbocycles. The number of thioether (sulfide) groups is 1. The van der Waals surface area contributed by atoms with Gasteiger partial charge in [-0.05, 0) is 32.0 Å². The van der Waals surface area contributed by atoms with Gasteiger partial charge in [0.2, 0.25) is 0 Å². The van der Waals surface area contributed by atoms with Crippen molar-refractivity contribution >= 4 is 16.9 Å². The topological polar surface area (TPSA) is 27.6 Å². The maximum atomic E-state index is 4.65. The lowest BCUT2D eigenvalue weighted by molar-refractivity contribution is 0.300. The molecule has 1 rings (SSSR count). The van der Waals surface area contributed by atoms with Gasteiger partial charge >= 0.3 is 0 Å². The van der Waals surface area contributed by atoms with Crippen LogP contribution < -0.4 is 5.32 Å². The van der Waals surface area contributed by atoms with Crippen LogP contribution in [0.2, 0.25) is 0 Å². The van der Waals surface area contributed by atoms with E-state index in [1.165, 1.54) is 31.0 Å². The van der Waals surface area contributed by atoms with E-state index in [-0.39, 0.29) is 0 Å². The summed E-state index contributed by atoms with van der Waals surface area (Å²) in [6.45, 7) is 14.6. The number of rotatable bonds is 9. The van der Waals surface area contributed by atoms with Gasteiger partial charge in [0, 0.05) is 11.8 Å². The van der Waals surface area contributed by atoms with Gasteiger partial charge in [-0.2, -0.15) is 0 Å². The van der Waals surface area contributed by atoms with Crippen molar-refractivity contribution in [1.29, 1.82) is 0 Å². The standard InChI is InChI=1S/C15H31N3S/c1-5-13(6-2)14-12-17-15(19-14)16-10-9-11-18(7-3)8-4/h13-14H,5-12H2,1-4H3,(H,16,17). The smallest absolute Gasteiger partial charge is 0.156 e. The summed E-state index contributed by atoms with van der Waals surface area (Å²) < 4.78 is 0. The molecule has 0 aromatic carbocycles. The minimum Gasteiger partial charge on any atom is -0.365 e. The molecule has 112 valence electrons. The van der Waals surface area contributed by atoms with Crippen LogP contribution >= 0.6 is 11.8 Å². The zero-order chi connectivity index (χ0) is 14.1. The van der Waals surface area contributed by atoms with Crippen molar-refractivity contribution in [2.75, 3.05) is 32.7 Å². The third kappa shape index (κ3) is 5.74. The molecule has 0 radical (unpaired) electrons. The van der Waals surface area contributed by atoms with Gasteiger partial charge in [-0.15, -0.1) is 0 Å². The van der Waals surface area contributed by atoms with Gasteiger partial charge in [-0.1, -0.05) is 52.3 Å². The summed E-state index contributed by atoms with van der Waals surface area (Å²) in [7, 11) is 0. The highest BCUT2D eigenvalue weighted by Crippen LogP contribution is 2.30. The van der Waals surface area contributed by atoms with E-state index in [0.29, 0.717) is 5.25 Å². The van der Waals surface area contributed by atoms with Gasteiger partial charge < -0.3 is 10.2 Å². The van der Waals surface area contributed by atoms with Gasteiger partial charge in [-0.3, -0.25) is 4.99 Å². The molecule has 1 aliphatic heterocycles. The Morgan fingerprint density at radius 2 is 1.95 bits per heavy atom. The molecule has 1 aliphatic rings. The second kappa shape index (κ2) is 9.65. The maximum Gasteiger partial charge on any atom is 0.156 e. The SMILES string of the molecule is CCC(CC)C1CN=C(NCCCN(CC)CC)S1. The Bertz CT molecular complexity index is 260. The lowest BCUT2D eigenvalue weighted by Crippen LogP contribution is -2.28. The zero-order valence-corrected chi connectivity index (χ0v) is 13.9. The van der Waals surface area contributed by atoms with E-state index in [1.807, 2.05) is 11.8 Å². The number of amidine groups is 1. The van der Waals surface area contributed by atoms with E-state index in [0.717, 1.165) is 32.1 Å². The van der Waals surface area contributed by atoms with Crippen LogP contribution in [-0.2, 0) is 0 Å². The first-order valence-electron chi connectivity index (χ1n) is 7.92. The van der Waals surface area contributed by atoms with Gasteiger partial charge in [-0.25, -0.2) is 0 Å². The molecule has 0 aromatic rings. The maximum absolute atomic E-state index is 4.65. The van der Waals surface area contributed by atoms with Crippen LogP contribution in [0.25, 0.3) is 0 Å². The second-order valence-corrected chi connectivity index (χ2v) is 6.41. The molecule has 0 fully saturated rings. The van der Waals surface area contributed by atoms with Crippen molar-refractivity contribution in [3.8, 4) is 0 Å². The molecule has 3 nitrogen and oxygen atoms in total. The van der Waals surface area contributed by atoms with Crippen LogP contribution in [-0.4, -0.2) is 48.0 Å². The highest BCUT2D eigenvalue weighted by atomic mass is 32.2. The summed E-state index contributed by atoms with van der Waals surface area (Å²) >= 11 is 1.96. The molecular formula is C15H31N3S. The molecule has 19 heavy (non-hydrogen) atoms. The summed E-state index contributed by atoms with van der Waals surface area (Å²) in [5, 5.41) is 5.39. The fraction of sp³-hybridized carbons (Fsp3) is 0.933. The van der Waals surface area contributed by atoms with Gasteiger partial charge in [0.25, 0.3) is 0 Å². The molecule has 0 spiro atoms. The third-order valence-corrected chi connectivity index (χ3v) is 5.41. The second-order valence-electron chi connectivity index (χ2n) is 5.19. The number of hydrogen-bond donors (Lipinski definition) is 1. The minimum absolute atomic E-state index is 0.709. The number of nitrogens with zero attached hydrogens (tertiary/aromatic N) is 2. The van der Waals surface area contributed by atoms with E-state index in [2.05, 4.69) is 42.9 Å². The highest BCUT2D eigenvalue weighted by Gasteiger charge is 2.25. The van der Waals surface area contributed by atoms with Crippen LogP contribution in [0.5, 0.6) is 0 Å². The van der Waals surface area contributed by atoms with E-state index in [9.17, 15) is 0 Å². The predicted octanol–water partition coefficient (Wildman–Crippen LogP) is 3.22. The Kier molecular flexibility index (Phi) is 8.55. The Labute approximate surface area is 123 Å². The summed E-state index contributed by atoms with van der Waals surface area (Å²) in [5.74, 6) is 0.823. The Morgan fingerprint density at radius 3 is 2.53 bits per heavy atom. The van der Waals surface area contributed by atoms with Crippen molar-refractivity contribution in [2.24, 2.45) is 10.9 Å². The molecule has 1 heterocycles. The molecule has 0 saturated heterocycles. The Hall–Kier alpha value is -0.220. The van der Waals surface area contributed by atoms with E-state index >= 15 is 0 Å². The van der Waals surface area contributed by atoms with Crippen LogP contribution in [0.3, 0.4) is 0 Å². The first-order chi connectivity index (χ1) is 9.24. The zero-order valence-electron chi connectivity index (χ0n) is 13.1. The largest absolute Gasteiger partial charge is 0.365 e. The summed E-state index contributed by atoms with van der Waals surface area (Å²) in [4.78, 5) is 7.12. The molecular weight excluding hydrogens is 254 g/mol. The summed E-state index contributed by atoms with van der Waals surface area (Å²) in [6.07, 6.45) is 3.76. The predicted molar refractivity (Wildman–Crippen MR) is 88.2 cm³/mol. The molecule has 1 N–H and O–H groups in total. The molecule has 0 aromatic heterocycles. The first kappa shape index (κ1) is 16.8. The average molecular weight is 286 g/mol. The van der Waals surface area contributed by atoms with E-state index in [1.54, 1.807) is 0 Å². The van der Waals surface area contributed by atoms with Gasteiger partial charge in [0.1, 0.15) is 0 Å². The summed E-state index contributed by atoms with van der Waals surface area (Å²) in [6, 6.07) is 0. The number of hydrogen-bond acceptors (Lipinski definition) is 4. The Morgan fingerprint density at radius 1 is 1.26 bits per heavy atom. The van der Waals surface area contributed by atoms with E-state index < -0.39 is 0 Å². The fourth-order valence-corrected chi connectivity index (χ4v) is 3.93. The van der Waals surface area contributed by atoms with Crippen LogP contribution in [0.4, 0.5) is 0 Å². The summed E-state index contributed by atoms with van der Waals surface area (Å²) in [5.41, 5.74) is 0. The van der Waals surface area contributed by atoms with Crippen LogP contribution in [0.1, 0.15) is 47.0 Å². The molecule has 0 aliphatic carbocycles. The number of aliphatic imine (C=N–C) groups is 1. The van der Waals surface area contributed by atoms with Crippen LogP contribution in [0, 0.1) is 5.92 Å². The highest BCUT2D eigenvalue weighted by molar-refractivity contribution is 8.14. The molecule has 0 bridgehead atoms. The molecule has 1 atom stereocenters. The monoisotopic (exact) mass is 285 g/mol. The normalized spacial score (nSPS) is 19.3. The lowest BCUT2D eigenvalue weighted by atomic mass is 9.99. The third-order valence-electron chi connectivity index (χ3n) is 4.07. The first-order valence-corrected chi connectivity index (χ1v) is 8.80. The Balaban J connectivity index is 2.15. The van der Waals surface area contributed by atoms with Crippen molar-refractivity contribution in [3.05, 3.63) is 0 Å². The fourth-order valence-electron chi connectivity index (χ4n) is 2.59. The number of nitrogens with one attached hydrogen (secondary N) is 1. The average Bonchev–Trinajstić information content (AvgIpc) is 2.89. The quantitative estimate of drug-likeness (QED) is 0.659. The van der Waals surface area contributed by atoms with Crippen LogP contribution in [0.15, 0.2) is 4.99 Å². The van der Waals surface area contributed by atoms with Crippen molar-refractivity contribution in [3.63, 3.8) is 0 Å². The van der Waals surface area contributed by atoms with Gasteiger partial charge in [0.15, 0.2) is 5.17 Å². The molecule has 0 amide bonds. The van der Waals surface area contributed by atoms with Gasteiger partial charge in [0.05, 0.1) is 6.54 Å². The van der Waals surface area contributed by atoms with Crippen molar-refractivity contribution in [1.82, 2.24) is 10.2 Å². The van der Waals surface area contributed by atoms with E-state index in [4.69, 9.17) is 0 Å². The molecule has 4 heteroatoms. The van der Waals surface area contributed by atoms with Crippen molar-refractivity contribution in [2.45, 2.75) is 52.2 Å². The lowest BCUT2D eigenvalue weighted by Gasteiger charge is -2.19.